The van der Waals surface area contributed by atoms with Crippen molar-refractivity contribution in [1.29, 1.82) is 0 Å². The second kappa shape index (κ2) is 5.75. The van der Waals surface area contributed by atoms with Crippen LogP contribution in [0.4, 0.5) is 8.78 Å². The van der Waals surface area contributed by atoms with Gasteiger partial charge in [0.15, 0.2) is 11.6 Å². The fourth-order valence-corrected chi connectivity index (χ4v) is 2.02. The van der Waals surface area contributed by atoms with Gasteiger partial charge >= 0.3 is 0 Å². The van der Waals surface area contributed by atoms with Crippen LogP contribution in [0.5, 0.6) is 5.75 Å². The molecule has 100 valence electrons. The Morgan fingerprint density at radius 1 is 1.21 bits per heavy atom. The lowest BCUT2D eigenvalue weighted by Gasteiger charge is -2.20. The second-order valence-electron chi connectivity index (χ2n) is 3.98. The van der Waals surface area contributed by atoms with Crippen molar-refractivity contribution in [2.75, 3.05) is 14.2 Å². The summed E-state index contributed by atoms with van der Waals surface area (Å²) in [6.45, 7) is 0. The van der Waals surface area contributed by atoms with Gasteiger partial charge in [-0.15, -0.1) is 0 Å². The van der Waals surface area contributed by atoms with Crippen molar-refractivity contribution in [3.05, 3.63) is 59.4 Å². The molecule has 1 unspecified atom stereocenters. The van der Waals surface area contributed by atoms with Crippen molar-refractivity contribution in [2.45, 2.75) is 6.04 Å². The topological polar surface area (TPSA) is 34.2 Å². The van der Waals surface area contributed by atoms with Crippen LogP contribution in [-0.4, -0.2) is 19.1 Å². The summed E-state index contributed by atoms with van der Waals surface area (Å²) in [6.07, 6.45) is 3.12. The zero-order valence-electron chi connectivity index (χ0n) is 10.7. The van der Waals surface area contributed by atoms with Gasteiger partial charge in [0.25, 0.3) is 0 Å². The Kier molecular flexibility index (Phi) is 4.06. The maximum atomic E-state index is 13.9. The monoisotopic (exact) mass is 264 g/mol. The van der Waals surface area contributed by atoms with E-state index in [9.17, 15) is 8.78 Å². The van der Waals surface area contributed by atoms with Crippen molar-refractivity contribution < 1.29 is 13.5 Å². The number of benzene rings is 1. The average Bonchev–Trinajstić information content (AvgIpc) is 2.45. The molecule has 0 radical (unpaired) electrons. The summed E-state index contributed by atoms with van der Waals surface area (Å²) < 4.78 is 32.4. The summed E-state index contributed by atoms with van der Waals surface area (Å²) in [5.41, 5.74) is 0.927. The quantitative estimate of drug-likeness (QED) is 0.922. The number of rotatable bonds is 4. The first-order chi connectivity index (χ1) is 9.19. The first-order valence-corrected chi connectivity index (χ1v) is 5.78. The van der Waals surface area contributed by atoms with Crippen molar-refractivity contribution >= 4 is 0 Å². The molecule has 0 aliphatic rings. The number of pyridine rings is 1. The maximum Gasteiger partial charge on any atom is 0.163 e. The van der Waals surface area contributed by atoms with Gasteiger partial charge < -0.3 is 10.1 Å². The Balaban J connectivity index is 2.53. The molecule has 0 aliphatic heterocycles. The summed E-state index contributed by atoms with van der Waals surface area (Å²) in [4.78, 5) is 3.95. The molecule has 0 amide bonds. The molecule has 3 nitrogen and oxygen atoms in total. The van der Waals surface area contributed by atoms with Gasteiger partial charge in [0.05, 0.1) is 19.3 Å². The van der Waals surface area contributed by atoms with Gasteiger partial charge in [-0.05, 0) is 19.2 Å². The van der Waals surface area contributed by atoms with Gasteiger partial charge in [-0.25, -0.2) is 8.78 Å². The van der Waals surface area contributed by atoms with Gasteiger partial charge in [0.2, 0.25) is 0 Å². The zero-order chi connectivity index (χ0) is 13.8. The normalized spacial score (nSPS) is 12.2. The third kappa shape index (κ3) is 2.56. The largest absolute Gasteiger partial charge is 0.495 e. The Bertz CT molecular complexity index is 575. The van der Waals surface area contributed by atoms with Gasteiger partial charge in [0.1, 0.15) is 5.75 Å². The molecule has 1 N–H and O–H groups in total. The minimum atomic E-state index is -0.870. The van der Waals surface area contributed by atoms with E-state index in [1.54, 1.807) is 25.4 Å². The van der Waals surface area contributed by atoms with Crippen LogP contribution in [0.15, 0.2) is 36.7 Å². The van der Waals surface area contributed by atoms with Crippen LogP contribution in [0, 0.1) is 11.6 Å². The molecule has 0 fully saturated rings. The SMILES string of the molecule is CNC(c1ccncc1OC)c1cccc(F)c1F. The van der Waals surface area contributed by atoms with E-state index in [0.29, 0.717) is 11.3 Å². The molecule has 5 heteroatoms. The molecule has 0 saturated heterocycles. The molecule has 0 saturated carbocycles. The fourth-order valence-electron chi connectivity index (χ4n) is 2.02. The third-order valence-electron chi connectivity index (χ3n) is 2.93. The minimum absolute atomic E-state index is 0.229. The lowest BCUT2D eigenvalue weighted by Crippen LogP contribution is -2.20. The van der Waals surface area contributed by atoms with E-state index < -0.39 is 17.7 Å². The molecule has 2 rings (SSSR count). The number of hydrogen-bond donors (Lipinski definition) is 1. The number of ether oxygens (including phenoxy) is 1. The van der Waals surface area contributed by atoms with Gasteiger partial charge in [-0.3, -0.25) is 4.98 Å². The first-order valence-electron chi connectivity index (χ1n) is 5.78. The Hall–Kier alpha value is -2.01. The highest BCUT2D eigenvalue weighted by Gasteiger charge is 2.21. The van der Waals surface area contributed by atoms with Crippen molar-refractivity contribution in [3.63, 3.8) is 0 Å². The molecule has 0 bridgehead atoms. The Labute approximate surface area is 110 Å². The highest BCUT2D eigenvalue weighted by Crippen LogP contribution is 2.30. The summed E-state index contributed by atoms with van der Waals surface area (Å²) in [5.74, 6) is -1.21. The van der Waals surface area contributed by atoms with Crippen molar-refractivity contribution in [2.24, 2.45) is 0 Å². The molecular formula is C14H14F2N2O. The Morgan fingerprint density at radius 2 is 2.00 bits per heavy atom. The highest BCUT2D eigenvalue weighted by molar-refractivity contribution is 5.40. The predicted octanol–water partition coefficient (Wildman–Crippen LogP) is 2.68. The second-order valence-corrected chi connectivity index (χ2v) is 3.98. The van der Waals surface area contributed by atoms with Crippen LogP contribution >= 0.6 is 0 Å². The molecule has 0 spiro atoms. The summed E-state index contributed by atoms with van der Waals surface area (Å²) in [5, 5.41) is 2.96. The summed E-state index contributed by atoms with van der Waals surface area (Å²) in [7, 11) is 3.18. The van der Waals surface area contributed by atoms with Crippen molar-refractivity contribution in [1.82, 2.24) is 10.3 Å². The van der Waals surface area contributed by atoms with Gasteiger partial charge in [-0.1, -0.05) is 12.1 Å². The van der Waals surface area contributed by atoms with E-state index in [1.807, 2.05) is 0 Å². The van der Waals surface area contributed by atoms with Crippen LogP contribution in [0.2, 0.25) is 0 Å². The number of nitrogens with one attached hydrogen (secondary N) is 1. The molecule has 1 aromatic carbocycles. The molecule has 1 heterocycles. The summed E-state index contributed by atoms with van der Waals surface area (Å²) >= 11 is 0. The average molecular weight is 264 g/mol. The maximum absolute atomic E-state index is 13.9. The van der Waals surface area contributed by atoms with Gasteiger partial charge in [-0.2, -0.15) is 0 Å². The Morgan fingerprint density at radius 3 is 2.68 bits per heavy atom. The predicted molar refractivity (Wildman–Crippen MR) is 68.0 cm³/mol. The lowest BCUT2D eigenvalue weighted by molar-refractivity contribution is 0.401. The van der Waals surface area contributed by atoms with Gasteiger partial charge in [0, 0.05) is 17.3 Å². The van der Waals surface area contributed by atoms with E-state index in [0.717, 1.165) is 6.07 Å². The minimum Gasteiger partial charge on any atom is -0.495 e. The van der Waals surface area contributed by atoms with Crippen molar-refractivity contribution in [3.8, 4) is 5.75 Å². The highest BCUT2D eigenvalue weighted by atomic mass is 19.2. The van der Waals surface area contributed by atoms with E-state index in [4.69, 9.17) is 4.74 Å². The van der Waals surface area contributed by atoms with E-state index >= 15 is 0 Å². The number of nitrogens with zero attached hydrogens (tertiary/aromatic N) is 1. The molecule has 1 aromatic heterocycles. The molecule has 0 aliphatic carbocycles. The number of aromatic nitrogens is 1. The fraction of sp³-hybridized carbons (Fsp3) is 0.214. The van der Waals surface area contributed by atoms with Crippen LogP contribution in [-0.2, 0) is 0 Å². The number of methoxy groups -OCH3 is 1. The van der Waals surface area contributed by atoms with Crippen LogP contribution < -0.4 is 10.1 Å². The van der Waals surface area contributed by atoms with E-state index in [1.165, 1.54) is 19.4 Å². The number of hydrogen-bond acceptors (Lipinski definition) is 3. The van der Waals surface area contributed by atoms with E-state index in [-0.39, 0.29) is 5.56 Å². The summed E-state index contributed by atoms with van der Waals surface area (Å²) in [6, 6.07) is 5.32. The van der Waals surface area contributed by atoms with Crippen LogP contribution in [0.1, 0.15) is 17.2 Å². The van der Waals surface area contributed by atoms with E-state index in [2.05, 4.69) is 10.3 Å². The third-order valence-corrected chi connectivity index (χ3v) is 2.93. The molecule has 19 heavy (non-hydrogen) atoms. The number of halogens is 2. The molecule has 2 aromatic rings. The van der Waals surface area contributed by atoms with Crippen LogP contribution in [0.25, 0.3) is 0 Å². The zero-order valence-corrected chi connectivity index (χ0v) is 10.7. The molecule has 1 atom stereocenters. The smallest absolute Gasteiger partial charge is 0.163 e. The molecular weight excluding hydrogens is 250 g/mol. The standard InChI is InChI=1S/C14H14F2N2O/c1-17-14(9-6-7-18-8-12(9)19-2)10-4-3-5-11(15)13(10)16/h3-8,14,17H,1-2H3. The lowest BCUT2D eigenvalue weighted by atomic mass is 9.98. The van der Waals surface area contributed by atoms with Crippen LogP contribution in [0.3, 0.4) is 0 Å². The first kappa shape index (κ1) is 13.4.